The molecule has 2 aromatic heterocycles. The van der Waals surface area contributed by atoms with Crippen LogP contribution in [0.2, 0.25) is 0 Å². The zero-order valence-corrected chi connectivity index (χ0v) is 19.5. The van der Waals surface area contributed by atoms with Crippen molar-refractivity contribution < 1.29 is 13.9 Å². The molecule has 1 fully saturated rings. The summed E-state index contributed by atoms with van der Waals surface area (Å²) >= 11 is 0. The highest BCUT2D eigenvalue weighted by molar-refractivity contribution is 5.80. The van der Waals surface area contributed by atoms with Crippen molar-refractivity contribution in [3.63, 3.8) is 0 Å². The Morgan fingerprint density at radius 3 is 2.83 bits per heavy atom. The van der Waals surface area contributed by atoms with E-state index in [2.05, 4.69) is 25.4 Å². The summed E-state index contributed by atoms with van der Waals surface area (Å²) in [7, 11) is 1.62. The number of rotatable bonds is 9. The second kappa shape index (κ2) is 10.3. The summed E-state index contributed by atoms with van der Waals surface area (Å²) in [4.78, 5) is 18.0. The maximum atomic E-state index is 13.3. The van der Waals surface area contributed by atoms with E-state index in [1.807, 2.05) is 24.3 Å². The van der Waals surface area contributed by atoms with Gasteiger partial charge in [-0.1, -0.05) is 12.1 Å². The monoisotopic (exact) mass is 478 g/mol. The van der Waals surface area contributed by atoms with Crippen molar-refractivity contribution in [1.82, 2.24) is 30.1 Å². The summed E-state index contributed by atoms with van der Waals surface area (Å²) < 4.78 is 26.2. The molecule has 1 aliphatic rings. The number of aromatic nitrogens is 5. The van der Waals surface area contributed by atoms with Gasteiger partial charge in [-0.15, -0.1) is 5.10 Å². The summed E-state index contributed by atoms with van der Waals surface area (Å²) in [6.07, 6.45) is 2.09. The number of ether oxygens (including phenoxy) is 2. The van der Waals surface area contributed by atoms with Crippen LogP contribution in [0.15, 0.2) is 53.3 Å². The molecule has 1 aliphatic heterocycles. The predicted octanol–water partition coefficient (Wildman–Crippen LogP) is 2.89. The molecule has 0 amide bonds. The Morgan fingerprint density at radius 2 is 2.06 bits per heavy atom. The van der Waals surface area contributed by atoms with E-state index in [-0.39, 0.29) is 17.5 Å². The standard InChI is InChI=1S/C25H27FN6O3/c1-34-21-8-9-23-18(12-21)11-19(25(33)27-23)14-31(15-22-3-2-10-35-22)16-24-28-29-30-32(24)13-17-4-6-20(26)7-5-17/h4-9,11-12,22H,2-3,10,13-16H2,1H3,(H,27,33)/t22-/m0/s1. The average Bonchev–Trinajstić information content (AvgIpc) is 3.53. The topological polar surface area (TPSA) is 98.2 Å². The number of fused-ring (bicyclic) bond motifs is 1. The number of tetrazole rings is 1. The molecule has 3 heterocycles. The van der Waals surface area contributed by atoms with E-state index in [0.717, 1.165) is 41.7 Å². The summed E-state index contributed by atoms with van der Waals surface area (Å²) in [6, 6.07) is 13.7. The van der Waals surface area contributed by atoms with Crippen LogP contribution in [0.4, 0.5) is 4.39 Å². The SMILES string of the molecule is COc1ccc2[nH]c(=O)c(CN(Cc3nnnn3Cc3ccc(F)cc3)C[C@@H]3CCCO3)cc2c1. The second-order valence-corrected chi connectivity index (χ2v) is 8.76. The van der Waals surface area contributed by atoms with E-state index < -0.39 is 0 Å². The smallest absolute Gasteiger partial charge is 0.252 e. The van der Waals surface area contributed by atoms with Gasteiger partial charge in [0.25, 0.3) is 5.56 Å². The second-order valence-electron chi connectivity index (χ2n) is 8.76. The Bertz CT molecular complexity index is 1350. The van der Waals surface area contributed by atoms with E-state index in [0.29, 0.717) is 37.6 Å². The molecule has 2 aromatic carbocycles. The van der Waals surface area contributed by atoms with Crippen LogP contribution in [0, 0.1) is 5.82 Å². The maximum absolute atomic E-state index is 13.3. The summed E-state index contributed by atoms with van der Waals surface area (Å²) in [5, 5.41) is 13.1. The van der Waals surface area contributed by atoms with Crippen LogP contribution in [0.3, 0.4) is 0 Å². The lowest BCUT2D eigenvalue weighted by Gasteiger charge is -2.24. The predicted molar refractivity (Wildman–Crippen MR) is 128 cm³/mol. The van der Waals surface area contributed by atoms with Gasteiger partial charge in [0.2, 0.25) is 0 Å². The first-order chi connectivity index (χ1) is 17.1. The molecular weight excluding hydrogens is 451 g/mol. The fraction of sp³-hybridized carbons (Fsp3) is 0.360. The Morgan fingerprint density at radius 1 is 1.20 bits per heavy atom. The lowest BCUT2D eigenvalue weighted by Crippen LogP contribution is -2.34. The van der Waals surface area contributed by atoms with Crippen molar-refractivity contribution in [2.24, 2.45) is 0 Å². The molecule has 0 saturated carbocycles. The summed E-state index contributed by atoms with van der Waals surface area (Å²) in [5.41, 5.74) is 2.16. The van der Waals surface area contributed by atoms with Crippen LogP contribution in [0.25, 0.3) is 10.9 Å². The van der Waals surface area contributed by atoms with E-state index in [9.17, 15) is 9.18 Å². The van der Waals surface area contributed by atoms with Gasteiger partial charge in [-0.05, 0) is 65.2 Å². The Hall–Kier alpha value is -3.63. The quantitative estimate of drug-likeness (QED) is 0.395. The minimum atomic E-state index is -0.286. The molecule has 0 bridgehead atoms. The van der Waals surface area contributed by atoms with Gasteiger partial charge in [-0.2, -0.15) is 0 Å². The molecule has 9 nitrogen and oxygen atoms in total. The Labute approximate surface area is 201 Å². The number of hydrogen-bond acceptors (Lipinski definition) is 7. The molecule has 4 aromatic rings. The number of aromatic amines is 1. The van der Waals surface area contributed by atoms with E-state index in [1.165, 1.54) is 12.1 Å². The van der Waals surface area contributed by atoms with E-state index in [4.69, 9.17) is 9.47 Å². The molecule has 1 N–H and O–H groups in total. The van der Waals surface area contributed by atoms with Crippen LogP contribution in [0.1, 0.15) is 29.8 Å². The Kier molecular flexibility index (Phi) is 6.82. The molecule has 0 unspecified atom stereocenters. The third kappa shape index (κ3) is 5.55. The summed E-state index contributed by atoms with van der Waals surface area (Å²) in [6.45, 7) is 2.66. The molecule has 5 rings (SSSR count). The summed E-state index contributed by atoms with van der Waals surface area (Å²) in [5.74, 6) is 1.10. The highest BCUT2D eigenvalue weighted by atomic mass is 19.1. The number of hydrogen-bond donors (Lipinski definition) is 1. The van der Waals surface area contributed by atoms with Crippen LogP contribution in [-0.4, -0.2) is 56.5 Å². The number of benzene rings is 2. The van der Waals surface area contributed by atoms with Crippen molar-refractivity contribution in [1.29, 1.82) is 0 Å². The van der Waals surface area contributed by atoms with Crippen LogP contribution in [-0.2, 0) is 24.4 Å². The highest BCUT2D eigenvalue weighted by Gasteiger charge is 2.22. The molecule has 1 saturated heterocycles. The fourth-order valence-corrected chi connectivity index (χ4v) is 4.40. The van der Waals surface area contributed by atoms with Crippen molar-refractivity contribution in [3.05, 3.63) is 81.7 Å². The average molecular weight is 479 g/mol. The van der Waals surface area contributed by atoms with Gasteiger partial charge in [0.15, 0.2) is 5.82 Å². The number of nitrogens with zero attached hydrogens (tertiary/aromatic N) is 5. The van der Waals surface area contributed by atoms with Crippen molar-refractivity contribution >= 4 is 10.9 Å². The van der Waals surface area contributed by atoms with Gasteiger partial charge in [-0.25, -0.2) is 9.07 Å². The van der Waals surface area contributed by atoms with E-state index in [1.54, 1.807) is 23.9 Å². The fourth-order valence-electron chi connectivity index (χ4n) is 4.40. The first-order valence-corrected chi connectivity index (χ1v) is 11.6. The number of halogens is 1. The third-order valence-corrected chi connectivity index (χ3v) is 6.22. The van der Waals surface area contributed by atoms with Crippen LogP contribution < -0.4 is 10.3 Å². The van der Waals surface area contributed by atoms with Gasteiger partial charge < -0.3 is 14.5 Å². The zero-order valence-electron chi connectivity index (χ0n) is 19.5. The van der Waals surface area contributed by atoms with Crippen LogP contribution >= 0.6 is 0 Å². The normalized spacial score (nSPS) is 15.8. The molecule has 10 heteroatoms. The van der Waals surface area contributed by atoms with Crippen molar-refractivity contribution in [2.75, 3.05) is 20.3 Å². The van der Waals surface area contributed by atoms with Crippen molar-refractivity contribution in [3.8, 4) is 5.75 Å². The molecule has 0 aliphatic carbocycles. The minimum Gasteiger partial charge on any atom is -0.497 e. The van der Waals surface area contributed by atoms with Gasteiger partial charge in [0, 0.05) is 36.2 Å². The number of H-pyrrole nitrogens is 1. The number of pyridine rings is 1. The lowest BCUT2D eigenvalue weighted by atomic mass is 10.1. The zero-order chi connectivity index (χ0) is 24.2. The molecular formula is C25H27FN6O3. The number of methoxy groups -OCH3 is 1. The van der Waals surface area contributed by atoms with E-state index >= 15 is 0 Å². The van der Waals surface area contributed by atoms with Gasteiger partial charge in [0.1, 0.15) is 11.6 Å². The minimum absolute atomic E-state index is 0.0936. The van der Waals surface area contributed by atoms with Crippen LogP contribution in [0.5, 0.6) is 5.75 Å². The van der Waals surface area contributed by atoms with Crippen molar-refractivity contribution in [2.45, 2.75) is 38.6 Å². The molecule has 182 valence electrons. The van der Waals surface area contributed by atoms with Gasteiger partial charge in [-0.3, -0.25) is 9.69 Å². The third-order valence-electron chi connectivity index (χ3n) is 6.22. The number of nitrogens with one attached hydrogen (secondary N) is 1. The lowest BCUT2D eigenvalue weighted by molar-refractivity contribution is 0.0663. The van der Waals surface area contributed by atoms with Gasteiger partial charge in [0.05, 0.1) is 26.3 Å². The van der Waals surface area contributed by atoms with Gasteiger partial charge >= 0.3 is 0 Å². The largest absolute Gasteiger partial charge is 0.497 e. The maximum Gasteiger partial charge on any atom is 0.252 e. The first-order valence-electron chi connectivity index (χ1n) is 11.6. The molecule has 0 spiro atoms. The Balaban J connectivity index is 1.40. The molecule has 35 heavy (non-hydrogen) atoms. The highest BCUT2D eigenvalue weighted by Crippen LogP contribution is 2.21. The molecule has 0 radical (unpaired) electrons. The molecule has 1 atom stereocenters. The first kappa shape index (κ1) is 23.1.